The molecule has 4 rings (SSSR count). The van der Waals surface area contributed by atoms with Crippen molar-refractivity contribution < 1.29 is 28.1 Å². The summed E-state index contributed by atoms with van der Waals surface area (Å²) in [6.45, 7) is 2.51. The summed E-state index contributed by atoms with van der Waals surface area (Å²) in [6.07, 6.45) is 0.954. The van der Waals surface area contributed by atoms with Gasteiger partial charge >= 0.3 is 0 Å². The maximum atomic E-state index is 14.7. The quantitative estimate of drug-likeness (QED) is 0.379. The predicted molar refractivity (Wildman–Crippen MR) is 107 cm³/mol. The van der Waals surface area contributed by atoms with Crippen LogP contribution in [0.5, 0.6) is 0 Å². The lowest BCUT2D eigenvalue weighted by Gasteiger charge is -2.16. The molecule has 0 saturated carbocycles. The maximum absolute atomic E-state index is 14.7. The van der Waals surface area contributed by atoms with Crippen LogP contribution in [0.25, 0.3) is 11.2 Å². The molecule has 164 valence electrons. The number of rotatable bonds is 7. The Bertz CT molecular complexity index is 979. The number of hydrogen-bond donors (Lipinski definition) is 1. The molecule has 0 bridgehead atoms. The minimum absolute atomic E-state index is 0.0106. The number of imidazole rings is 1. The second kappa shape index (κ2) is 8.94. The molecule has 0 aromatic carbocycles. The molecule has 30 heavy (non-hydrogen) atoms. The van der Waals surface area contributed by atoms with Crippen molar-refractivity contribution in [3.63, 3.8) is 0 Å². The number of alkyl halides is 1. The molecule has 13 heteroatoms. The molecule has 5 atom stereocenters. The zero-order valence-corrected chi connectivity index (χ0v) is 17.9. The Morgan fingerprint density at radius 1 is 1.53 bits per heavy atom. The van der Waals surface area contributed by atoms with E-state index in [-0.39, 0.29) is 30.6 Å². The van der Waals surface area contributed by atoms with E-state index in [2.05, 4.69) is 19.9 Å². The minimum Gasteiger partial charge on any atom is -0.381 e. The molecule has 0 amide bonds. The lowest BCUT2D eigenvalue weighted by molar-refractivity contribution is -0.0451. The maximum Gasteiger partial charge on any atom is 0.226 e. The fourth-order valence-corrected chi connectivity index (χ4v) is 4.01. The highest BCUT2D eigenvalue weighted by Gasteiger charge is 2.38. The van der Waals surface area contributed by atoms with Gasteiger partial charge in [0.05, 0.1) is 25.6 Å². The summed E-state index contributed by atoms with van der Waals surface area (Å²) in [5.74, 6) is 0.493. The summed E-state index contributed by atoms with van der Waals surface area (Å²) in [4.78, 5) is 26.3. The molecular formula is C17H22ClFN5O5P. The van der Waals surface area contributed by atoms with Crippen molar-refractivity contribution in [2.75, 3.05) is 32.8 Å². The van der Waals surface area contributed by atoms with Crippen molar-refractivity contribution in [2.24, 2.45) is 10.9 Å². The average molecular weight is 462 g/mol. The van der Waals surface area contributed by atoms with Crippen LogP contribution in [-0.2, 0) is 18.8 Å². The van der Waals surface area contributed by atoms with Crippen molar-refractivity contribution in [3.05, 3.63) is 11.6 Å². The first kappa shape index (κ1) is 21.7. The molecule has 5 unspecified atom stereocenters. The van der Waals surface area contributed by atoms with Crippen LogP contribution < -0.4 is 0 Å². The van der Waals surface area contributed by atoms with Gasteiger partial charge in [0.1, 0.15) is 12.5 Å². The lowest BCUT2D eigenvalue weighted by Crippen LogP contribution is -2.18. The third kappa shape index (κ3) is 5.04. The fourth-order valence-electron chi connectivity index (χ4n) is 3.40. The van der Waals surface area contributed by atoms with Crippen LogP contribution in [0.15, 0.2) is 11.3 Å². The summed E-state index contributed by atoms with van der Waals surface area (Å²) in [5.41, 5.74) is 0.699. The van der Waals surface area contributed by atoms with Crippen LogP contribution >= 0.6 is 19.0 Å². The monoisotopic (exact) mass is 461 g/mol. The van der Waals surface area contributed by atoms with Crippen molar-refractivity contribution in [2.45, 2.75) is 31.3 Å². The van der Waals surface area contributed by atoms with Gasteiger partial charge in [0.15, 0.2) is 23.2 Å². The fraction of sp³-hybridized carbons (Fsp3) is 0.647. The molecule has 0 spiro atoms. The van der Waals surface area contributed by atoms with E-state index in [4.69, 9.17) is 25.8 Å². The van der Waals surface area contributed by atoms with E-state index in [1.165, 1.54) is 17.6 Å². The lowest BCUT2D eigenvalue weighted by atomic mass is 10.1. The number of aromatic nitrogens is 4. The number of fused-ring (bicyclic) bond motifs is 1. The number of halogens is 2. The van der Waals surface area contributed by atoms with Crippen molar-refractivity contribution in [3.8, 4) is 0 Å². The van der Waals surface area contributed by atoms with Gasteiger partial charge in [0.25, 0.3) is 0 Å². The first-order valence-electron chi connectivity index (χ1n) is 9.49. The van der Waals surface area contributed by atoms with Gasteiger partial charge in [-0.3, -0.25) is 9.13 Å². The van der Waals surface area contributed by atoms with Gasteiger partial charge in [0.2, 0.25) is 12.7 Å². The predicted octanol–water partition coefficient (Wildman–Crippen LogP) is 2.72. The largest absolute Gasteiger partial charge is 0.381 e. The summed E-state index contributed by atoms with van der Waals surface area (Å²) in [6, 6.07) is 0. The SMILES string of the molecule is CP(=O)(O)COCC1CC(F)C(n2cnc3c(/N=C\C4CCOC4)nc(Cl)nc32)O1. The van der Waals surface area contributed by atoms with Crippen LogP contribution in [0, 0.1) is 5.92 Å². The molecular weight excluding hydrogens is 440 g/mol. The molecule has 1 N–H and O–H groups in total. The van der Waals surface area contributed by atoms with Crippen LogP contribution in [0.2, 0.25) is 5.28 Å². The van der Waals surface area contributed by atoms with E-state index in [0.717, 1.165) is 6.42 Å². The normalized spacial score (nSPS) is 29.2. The zero-order valence-electron chi connectivity index (χ0n) is 16.2. The molecule has 4 heterocycles. The Kier molecular flexibility index (Phi) is 6.47. The molecule has 0 radical (unpaired) electrons. The van der Waals surface area contributed by atoms with Gasteiger partial charge in [-0.2, -0.15) is 9.97 Å². The average Bonchev–Trinajstić information content (AvgIpc) is 3.38. The third-order valence-corrected chi connectivity index (χ3v) is 5.62. The Morgan fingerprint density at radius 2 is 2.37 bits per heavy atom. The van der Waals surface area contributed by atoms with E-state index in [1.807, 2.05) is 0 Å². The molecule has 10 nitrogen and oxygen atoms in total. The standard InChI is InChI=1S/C17H22ClFN5O5P/c1-30(25,26)9-28-7-11-4-12(19)16(29-11)24-8-21-13-14(22-17(18)23-15(13)24)20-5-10-2-3-27-6-10/h5,8,10-12,16H,2-4,6-7,9H2,1H3,(H,25,26)/b20-5-. The van der Waals surface area contributed by atoms with Crippen molar-refractivity contribution >= 4 is 42.2 Å². The van der Waals surface area contributed by atoms with Gasteiger partial charge < -0.3 is 19.1 Å². The highest BCUT2D eigenvalue weighted by molar-refractivity contribution is 7.56. The summed E-state index contributed by atoms with van der Waals surface area (Å²) < 4.78 is 43.7. The van der Waals surface area contributed by atoms with Crippen LogP contribution in [-0.4, -0.2) is 75.7 Å². The molecule has 2 aliphatic heterocycles. The molecule has 2 aromatic heterocycles. The second-order valence-electron chi connectivity index (χ2n) is 7.49. The summed E-state index contributed by atoms with van der Waals surface area (Å²) in [5, 5.41) is -0.0333. The topological polar surface area (TPSA) is 121 Å². The number of nitrogens with zero attached hydrogens (tertiary/aromatic N) is 5. The van der Waals surface area contributed by atoms with E-state index in [0.29, 0.717) is 30.2 Å². The first-order valence-corrected chi connectivity index (χ1v) is 12.2. The zero-order chi connectivity index (χ0) is 21.3. The Balaban J connectivity index is 1.52. The van der Waals surface area contributed by atoms with Crippen LogP contribution in [0.1, 0.15) is 19.1 Å². The van der Waals surface area contributed by atoms with E-state index >= 15 is 0 Å². The van der Waals surface area contributed by atoms with Gasteiger partial charge in [-0.1, -0.05) is 0 Å². The molecule has 2 aliphatic rings. The highest BCUT2D eigenvalue weighted by Crippen LogP contribution is 2.37. The molecule has 2 aromatic rings. The van der Waals surface area contributed by atoms with E-state index in [9.17, 15) is 13.8 Å². The Labute approximate surface area is 176 Å². The van der Waals surface area contributed by atoms with Crippen molar-refractivity contribution in [1.82, 2.24) is 19.5 Å². The first-order chi connectivity index (χ1) is 14.3. The van der Waals surface area contributed by atoms with E-state index in [1.54, 1.807) is 6.21 Å². The number of aliphatic imine (C=N–C) groups is 1. The number of ether oxygens (including phenoxy) is 3. The molecule has 2 fully saturated rings. The van der Waals surface area contributed by atoms with Crippen LogP contribution in [0.4, 0.5) is 10.2 Å². The van der Waals surface area contributed by atoms with Crippen molar-refractivity contribution in [1.29, 1.82) is 0 Å². The Morgan fingerprint density at radius 3 is 3.10 bits per heavy atom. The Hall–Kier alpha value is -1.49. The van der Waals surface area contributed by atoms with Gasteiger partial charge in [0, 0.05) is 31.8 Å². The molecule has 2 saturated heterocycles. The summed E-state index contributed by atoms with van der Waals surface area (Å²) >= 11 is 6.06. The van der Waals surface area contributed by atoms with Gasteiger partial charge in [-0.05, 0) is 18.0 Å². The molecule has 0 aliphatic carbocycles. The minimum atomic E-state index is -3.30. The summed E-state index contributed by atoms with van der Waals surface area (Å²) in [7, 11) is -3.30. The highest BCUT2D eigenvalue weighted by atomic mass is 35.5. The van der Waals surface area contributed by atoms with Gasteiger partial charge in [-0.15, -0.1) is 0 Å². The van der Waals surface area contributed by atoms with E-state index < -0.39 is 25.9 Å². The van der Waals surface area contributed by atoms with Crippen LogP contribution in [0.3, 0.4) is 0 Å². The smallest absolute Gasteiger partial charge is 0.226 e. The number of hydrogen-bond acceptors (Lipinski definition) is 8. The third-order valence-electron chi connectivity index (χ3n) is 4.79. The van der Waals surface area contributed by atoms with Gasteiger partial charge in [-0.25, -0.2) is 14.4 Å². The second-order valence-corrected chi connectivity index (χ2v) is 10.2.